The van der Waals surface area contributed by atoms with Crippen LogP contribution < -0.4 is 5.73 Å². The molecule has 0 spiro atoms. The van der Waals surface area contributed by atoms with Gasteiger partial charge in [-0.05, 0) is 28.1 Å². The van der Waals surface area contributed by atoms with Crippen molar-refractivity contribution >= 4 is 33.5 Å². The van der Waals surface area contributed by atoms with Crippen molar-refractivity contribution < 1.29 is 14.3 Å². The highest BCUT2D eigenvalue weighted by Crippen LogP contribution is 2.29. The van der Waals surface area contributed by atoms with Gasteiger partial charge in [-0.2, -0.15) is 0 Å². The molecule has 1 atom stereocenters. The van der Waals surface area contributed by atoms with Crippen molar-refractivity contribution in [3.05, 3.63) is 33.0 Å². The van der Waals surface area contributed by atoms with E-state index in [1.165, 1.54) is 12.1 Å². The Morgan fingerprint density at radius 3 is 2.71 bits per heavy atom. The number of aliphatic carboxylic acids is 1. The highest BCUT2D eigenvalue weighted by Gasteiger charge is 2.23. The van der Waals surface area contributed by atoms with Gasteiger partial charge < -0.3 is 10.8 Å². The van der Waals surface area contributed by atoms with E-state index in [1.807, 2.05) is 0 Å². The van der Waals surface area contributed by atoms with Crippen molar-refractivity contribution in [1.29, 1.82) is 0 Å². The molecule has 0 bridgehead atoms. The Labute approximate surface area is 92.8 Å². The molecule has 0 aliphatic carbocycles. The summed E-state index contributed by atoms with van der Waals surface area (Å²) >= 11 is 8.55. The molecule has 6 heteroatoms. The third-order valence-electron chi connectivity index (χ3n) is 1.66. The van der Waals surface area contributed by atoms with Gasteiger partial charge >= 0.3 is 5.97 Å². The highest BCUT2D eigenvalue weighted by atomic mass is 79.9. The molecule has 0 aromatic heterocycles. The molecule has 14 heavy (non-hydrogen) atoms. The molecule has 0 radical (unpaired) electrons. The molecule has 0 aliphatic rings. The minimum atomic E-state index is -1.46. The van der Waals surface area contributed by atoms with Crippen LogP contribution in [0.3, 0.4) is 0 Å². The minimum absolute atomic E-state index is 0.000556. The molecule has 0 saturated carbocycles. The molecule has 1 unspecified atom stereocenters. The topological polar surface area (TPSA) is 63.3 Å². The van der Waals surface area contributed by atoms with Gasteiger partial charge in [-0.25, -0.2) is 4.39 Å². The summed E-state index contributed by atoms with van der Waals surface area (Å²) in [5.74, 6) is -2.07. The molecule has 0 fully saturated rings. The summed E-state index contributed by atoms with van der Waals surface area (Å²) < 4.78 is 13.5. The van der Waals surface area contributed by atoms with E-state index in [-0.39, 0.29) is 15.1 Å². The van der Waals surface area contributed by atoms with Crippen LogP contribution in [0.15, 0.2) is 16.6 Å². The zero-order valence-electron chi connectivity index (χ0n) is 6.80. The van der Waals surface area contributed by atoms with Gasteiger partial charge in [-0.15, -0.1) is 0 Å². The standard InChI is InChI=1S/C8H6BrClFNO2/c9-3-1-2-4(10)5(6(3)11)7(12)8(13)14/h1-2,7H,12H2,(H,13,14). The summed E-state index contributed by atoms with van der Waals surface area (Å²) in [5.41, 5.74) is 5.05. The lowest BCUT2D eigenvalue weighted by Crippen LogP contribution is -2.22. The van der Waals surface area contributed by atoms with Gasteiger partial charge in [0.2, 0.25) is 0 Å². The van der Waals surface area contributed by atoms with Crippen LogP contribution in [0.4, 0.5) is 4.39 Å². The summed E-state index contributed by atoms with van der Waals surface area (Å²) in [6.07, 6.45) is 0. The van der Waals surface area contributed by atoms with Crippen LogP contribution in [0.5, 0.6) is 0 Å². The summed E-state index contributed by atoms with van der Waals surface area (Å²) in [4.78, 5) is 10.5. The molecule has 0 saturated heterocycles. The van der Waals surface area contributed by atoms with Crippen molar-refractivity contribution in [1.82, 2.24) is 0 Å². The molecule has 1 aromatic rings. The molecule has 3 N–H and O–H groups in total. The number of hydrogen-bond acceptors (Lipinski definition) is 2. The number of carbonyl (C=O) groups is 1. The van der Waals surface area contributed by atoms with Crippen LogP contribution in [-0.2, 0) is 4.79 Å². The zero-order valence-corrected chi connectivity index (χ0v) is 9.14. The number of hydrogen-bond donors (Lipinski definition) is 2. The highest BCUT2D eigenvalue weighted by molar-refractivity contribution is 9.10. The molecular formula is C8H6BrClFNO2. The Morgan fingerprint density at radius 1 is 1.64 bits per heavy atom. The first-order valence-corrected chi connectivity index (χ1v) is 4.74. The number of rotatable bonds is 2. The zero-order chi connectivity index (χ0) is 10.9. The number of benzene rings is 1. The lowest BCUT2D eigenvalue weighted by atomic mass is 10.1. The van der Waals surface area contributed by atoms with Crippen molar-refractivity contribution in [3.8, 4) is 0 Å². The van der Waals surface area contributed by atoms with E-state index < -0.39 is 17.8 Å². The smallest absolute Gasteiger partial charge is 0.325 e. The van der Waals surface area contributed by atoms with Gasteiger partial charge in [0, 0.05) is 10.6 Å². The summed E-state index contributed by atoms with van der Waals surface area (Å²) in [6, 6.07) is 1.31. The molecule has 1 aromatic carbocycles. The lowest BCUT2D eigenvalue weighted by Gasteiger charge is -2.10. The maximum atomic E-state index is 13.4. The molecule has 0 heterocycles. The van der Waals surface area contributed by atoms with Crippen molar-refractivity contribution in [2.24, 2.45) is 5.73 Å². The quantitative estimate of drug-likeness (QED) is 0.818. The predicted octanol–water partition coefficient (Wildman–Crippen LogP) is 2.33. The monoisotopic (exact) mass is 281 g/mol. The third kappa shape index (κ3) is 2.05. The maximum absolute atomic E-state index is 13.4. The van der Waals surface area contributed by atoms with Crippen LogP contribution in [0.2, 0.25) is 5.02 Å². The average molecular weight is 282 g/mol. The van der Waals surface area contributed by atoms with Gasteiger partial charge in [-0.3, -0.25) is 4.79 Å². The molecule has 76 valence electrons. The number of halogens is 3. The Hall–Kier alpha value is -0.650. The predicted molar refractivity (Wildman–Crippen MR) is 53.7 cm³/mol. The van der Waals surface area contributed by atoms with Gasteiger partial charge in [0.15, 0.2) is 0 Å². The first-order valence-electron chi connectivity index (χ1n) is 3.57. The van der Waals surface area contributed by atoms with Crippen molar-refractivity contribution in [2.45, 2.75) is 6.04 Å². The normalized spacial score (nSPS) is 12.6. The second-order valence-electron chi connectivity index (χ2n) is 2.57. The SMILES string of the molecule is NC(C(=O)O)c1c(Cl)ccc(Br)c1F. The summed E-state index contributed by atoms with van der Waals surface area (Å²) in [6.45, 7) is 0. The second-order valence-corrected chi connectivity index (χ2v) is 3.83. The number of carboxylic acids is 1. The summed E-state index contributed by atoms with van der Waals surface area (Å²) in [5, 5.41) is 8.61. The van der Waals surface area contributed by atoms with Gasteiger partial charge in [0.1, 0.15) is 11.9 Å². The van der Waals surface area contributed by atoms with Gasteiger partial charge in [0.05, 0.1) is 4.47 Å². The Balaban J connectivity index is 3.32. The second kappa shape index (κ2) is 4.25. The molecule has 3 nitrogen and oxygen atoms in total. The van der Waals surface area contributed by atoms with Gasteiger partial charge in [-0.1, -0.05) is 11.6 Å². The fourth-order valence-corrected chi connectivity index (χ4v) is 1.56. The van der Waals surface area contributed by atoms with Gasteiger partial charge in [0.25, 0.3) is 0 Å². The number of nitrogens with two attached hydrogens (primary N) is 1. The molecule has 0 amide bonds. The largest absolute Gasteiger partial charge is 0.480 e. The third-order valence-corrected chi connectivity index (χ3v) is 2.60. The maximum Gasteiger partial charge on any atom is 0.325 e. The number of carboxylic acid groups (broad SMARTS) is 1. The van der Waals surface area contributed by atoms with Crippen LogP contribution >= 0.6 is 27.5 Å². The van der Waals surface area contributed by atoms with Crippen LogP contribution in [0, 0.1) is 5.82 Å². The Morgan fingerprint density at radius 2 is 2.21 bits per heavy atom. The minimum Gasteiger partial charge on any atom is -0.480 e. The summed E-state index contributed by atoms with van der Waals surface area (Å²) in [7, 11) is 0. The van der Waals surface area contributed by atoms with Crippen LogP contribution in [-0.4, -0.2) is 11.1 Å². The van der Waals surface area contributed by atoms with E-state index in [0.29, 0.717) is 0 Å². The first-order chi connectivity index (χ1) is 6.45. The molecule has 0 aliphatic heterocycles. The van der Waals surface area contributed by atoms with Crippen LogP contribution in [0.1, 0.15) is 11.6 Å². The molecule has 1 rings (SSSR count). The fraction of sp³-hybridized carbons (Fsp3) is 0.125. The lowest BCUT2D eigenvalue weighted by molar-refractivity contribution is -0.138. The van der Waals surface area contributed by atoms with Crippen LogP contribution in [0.25, 0.3) is 0 Å². The van der Waals surface area contributed by atoms with E-state index in [9.17, 15) is 9.18 Å². The van der Waals surface area contributed by atoms with Crippen molar-refractivity contribution in [2.75, 3.05) is 0 Å². The first kappa shape index (κ1) is 11.4. The Kier molecular flexibility index (Phi) is 3.47. The van der Waals surface area contributed by atoms with E-state index in [4.69, 9.17) is 22.4 Å². The van der Waals surface area contributed by atoms with E-state index >= 15 is 0 Å². The fourth-order valence-electron chi connectivity index (χ4n) is 0.951. The molecular weight excluding hydrogens is 276 g/mol. The Bertz CT molecular complexity index is 386. The average Bonchev–Trinajstić information content (AvgIpc) is 2.12. The van der Waals surface area contributed by atoms with Crippen molar-refractivity contribution in [3.63, 3.8) is 0 Å². The van der Waals surface area contributed by atoms with E-state index in [0.717, 1.165) is 0 Å². The van der Waals surface area contributed by atoms with E-state index in [1.54, 1.807) is 0 Å². The van der Waals surface area contributed by atoms with E-state index in [2.05, 4.69) is 15.9 Å².